The number of hydrogen-bond donors (Lipinski definition) is 1. The summed E-state index contributed by atoms with van der Waals surface area (Å²) in [5, 5.41) is 11.1. The lowest BCUT2D eigenvalue weighted by Gasteiger charge is -2.36. The van der Waals surface area contributed by atoms with Crippen LogP contribution in [0.5, 0.6) is 0 Å². The molecule has 3 heteroatoms. The van der Waals surface area contributed by atoms with Crippen LogP contribution in [-0.4, -0.2) is 25.4 Å². The average molecular weight is 214 g/mol. The van der Waals surface area contributed by atoms with Gasteiger partial charge in [0.1, 0.15) is 0 Å². The maximum atomic E-state index is 11.8. The molecule has 1 saturated carbocycles. The number of aliphatic hydroxyl groups is 1. The monoisotopic (exact) mass is 214 g/mol. The van der Waals surface area contributed by atoms with E-state index < -0.39 is 16.4 Å². The fourth-order valence-corrected chi connectivity index (χ4v) is 5.43. The van der Waals surface area contributed by atoms with Crippen LogP contribution in [0.4, 0.5) is 0 Å². The molecule has 0 aromatic heterocycles. The van der Waals surface area contributed by atoms with E-state index in [4.69, 9.17) is 0 Å². The normalized spacial score (nSPS) is 52.2. The van der Waals surface area contributed by atoms with Crippen molar-refractivity contribution in [1.82, 2.24) is 0 Å². The Kier molecular flexibility index (Phi) is 2.04. The summed E-state index contributed by atoms with van der Waals surface area (Å²) in [7, 11) is -0.620. The van der Waals surface area contributed by atoms with Crippen molar-refractivity contribution in [2.24, 2.45) is 5.92 Å². The molecule has 0 amide bonds. The van der Waals surface area contributed by atoms with Crippen molar-refractivity contribution in [3.8, 4) is 0 Å². The molecule has 3 rings (SSSR count). The van der Waals surface area contributed by atoms with E-state index in [1.807, 2.05) is 0 Å². The highest BCUT2D eigenvalue weighted by Gasteiger charge is 2.49. The van der Waals surface area contributed by atoms with Gasteiger partial charge in [0.05, 0.1) is 5.60 Å². The van der Waals surface area contributed by atoms with Crippen molar-refractivity contribution in [3.63, 3.8) is 0 Å². The number of hydrogen-bond acceptors (Lipinski definition) is 2. The van der Waals surface area contributed by atoms with E-state index in [-0.39, 0.29) is 0 Å². The summed E-state index contributed by atoms with van der Waals surface area (Å²) >= 11 is 0. The Morgan fingerprint density at radius 3 is 2.21 bits per heavy atom. The van der Waals surface area contributed by atoms with Crippen LogP contribution in [0, 0.1) is 5.92 Å². The first kappa shape index (κ1) is 9.34. The molecule has 3 aliphatic rings. The molecule has 2 saturated heterocycles. The van der Waals surface area contributed by atoms with Crippen LogP contribution in [-0.2, 0) is 10.8 Å². The van der Waals surface area contributed by atoms with Gasteiger partial charge in [0.2, 0.25) is 0 Å². The fraction of sp³-hybridized carbons (Fsp3) is 1.00. The van der Waals surface area contributed by atoms with Crippen molar-refractivity contribution in [2.45, 2.75) is 61.0 Å². The topological polar surface area (TPSA) is 37.3 Å². The molecular formula is C11H18O2S. The summed E-state index contributed by atoms with van der Waals surface area (Å²) in [5.74, 6) is 0.783. The maximum absolute atomic E-state index is 11.8. The van der Waals surface area contributed by atoms with Crippen LogP contribution in [0.25, 0.3) is 0 Å². The Balaban J connectivity index is 1.74. The van der Waals surface area contributed by atoms with Crippen molar-refractivity contribution in [2.75, 3.05) is 0 Å². The van der Waals surface area contributed by atoms with Gasteiger partial charge in [-0.2, -0.15) is 0 Å². The summed E-state index contributed by atoms with van der Waals surface area (Å²) in [6.07, 6.45) is 7.40. The largest absolute Gasteiger partial charge is 0.390 e. The SMILES string of the molecule is O=S1C2CCC1CC(O)(CC1CC1)C2. The van der Waals surface area contributed by atoms with Crippen LogP contribution in [0.2, 0.25) is 0 Å². The van der Waals surface area contributed by atoms with Gasteiger partial charge in [0, 0.05) is 21.3 Å². The molecule has 2 atom stereocenters. The Morgan fingerprint density at radius 2 is 1.71 bits per heavy atom. The molecule has 2 heterocycles. The zero-order chi connectivity index (χ0) is 9.76. The lowest BCUT2D eigenvalue weighted by Crippen LogP contribution is -2.42. The highest BCUT2D eigenvalue weighted by molar-refractivity contribution is 7.86. The van der Waals surface area contributed by atoms with Crippen LogP contribution < -0.4 is 0 Å². The van der Waals surface area contributed by atoms with Gasteiger partial charge in [0.25, 0.3) is 0 Å². The summed E-state index contributed by atoms with van der Waals surface area (Å²) in [4.78, 5) is 0. The van der Waals surface area contributed by atoms with Gasteiger partial charge in [-0.1, -0.05) is 12.8 Å². The maximum Gasteiger partial charge on any atom is 0.0673 e. The summed E-state index contributed by atoms with van der Waals surface area (Å²) in [5.41, 5.74) is -0.444. The van der Waals surface area contributed by atoms with Gasteiger partial charge >= 0.3 is 0 Å². The van der Waals surface area contributed by atoms with Crippen molar-refractivity contribution < 1.29 is 9.32 Å². The molecule has 2 unspecified atom stereocenters. The summed E-state index contributed by atoms with van der Waals surface area (Å²) < 4.78 is 11.8. The third-order valence-corrected chi connectivity index (χ3v) is 6.17. The van der Waals surface area contributed by atoms with E-state index in [0.29, 0.717) is 10.5 Å². The van der Waals surface area contributed by atoms with Crippen molar-refractivity contribution in [3.05, 3.63) is 0 Å². The van der Waals surface area contributed by atoms with E-state index in [1.165, 1.54) is 12.8 Å². The van der Waals surface area contributed by atoms with Gasteiger partial charge in [-0.05, 0) is 38.0 Å². The molecule has 14 heavy (non-hydrogen) atoms. The molecule has 2 bridgehead atoms. The first-order chi connectivity index (χ1) is 6.66. The summed E-state index contributed by atoms with van der Waals surface area (Å²) in [6, 6.07) is 0. The highest BCUT2D eigenvalue weighted by atomic mass is 32.2. The molecule has 0 aromatic rings. The van der Waals surface area contributed by atoms with E-state index in [0.717, 1.165) is 38.0 Å². The second-order valence-corrected chi connectivity index (χ2v) is 7.42. The molecule has 1 aliphatic carbocycles. The first-order valence-corrected chi connectivity index (χ1v) is 7.06. The van der Waals surface area contributed by atoms with Crippen LogP contribution in [0.1, 0.15) is 44.9 Å². The van der Waals surface area contributed by atoms with Gasteiger partial charge in [-0.25, -0.2) is 0 Å². The third-order valence-electron chi connectivity index (χ3n) is 4.05. The molecule has 2 aliphatic heterocycles. The van der Waals surface area contributed by atoms with Crippen molar-refractivity contribution >= 4 is 10.8 Å². The lowest BCUT2D eigenvalue weighted by molar-refractivity contribution is 0.00911. The third kappa shape index (κ3) is 1.54. The van der Waals surface area contributed by atoms with Gasteiger partial charge in [-0.15, -0.1) is 0 Å². The van der Waals surface area contributed by atoms with E-state index in [2.05, 4.69) is 0 Å². The molecule has 1 N–H and O–H groups in total. The molecule has 3 fully saturated rings. The molecule has 0 spiro atoms. The highest BCUT2D eigenvalue weighted by Crippen LogP contribution is 2.47. The Hall–Kier alpha value is 0.110. The van der Waals surface area contributed by atoms with E-state index in [9.17, 15) is 9.32 Å². The standard InChI is InChI=1S/C11H18O2S/c12-11(5-8-1-2-8)6-9-3-4-10(7-11)14(9)13/h8-10,12H,1-7H2. The second-order valence-electron chi connectivity index (χ2n) is 5.43. The number of rotatable bonds is 2. The van der Waals surface area contributed by atoms with Gasteiger partial charge in [-0.3, -0.25) is 4.21 Å². The Morgan fingerprint density at radius 1 is 1.14 bits per heavy atom. The minimum atomic E-state index is -0.620. The van der Waals surface area contributed by atoms with E-state index >= 15 is 0 Å². The molecule has 2 nitrogen and oxygen atoms in total. The predicted octanol–water partition coefficient (Wildman–Crippen LogP) is 1.59. The van der Waals surface area contributed by atoms with Crippen LogP contribution >= 0.6 is 0 Å². The van der Waals surface area contributed by atoms with Crippen molar-refractivity contribution in [1.29, 1.82) is 0 Å². The minimum Gasteiger partial charge on any atom is -0.390 e. The zero-order valence-corrected chi connectivity index (χ0v) is 9.26. The summed E-state index contributed by atoms with van der Waals surface area (Å²) in [6.45, 7) is 0. The molecule has 0 radical (unpaired) electrons. The second kappa shape index (κ2) is 3.05. The molecule has 0 aromatic carbocycles. The first-order valence-electron chi connectivity index (χ1n) is 5.78. The number of fused-ring (bicyclic) bond motifs is 2. The molecule has 80 valence electrons. The zero-order valence-electron chi connectivity index (χ0n) is 8.45. The Bertz CT molecular complexity index is 256. The van der Waals surface area contributed by atoms with Gasteiger partial charge in [0.15, 0.2) is 0 Å². The quantitative estimate of drug-likeness (QED) is 0.758. The van der Waals surface area contributed by atoms with Crippen LogP contribution in [0.15, 0.2) is 0 Å². The minimum absolute atomic E-state index is 0.317. The lowest BCUT2D eigenvalue weighted by atomic mass is 9.88. The molecular weight excluding hydrogens is 196 g/mol. The van der Waals surface area contributed by atoms with Gasteiger partial charge < -0.3 is 5.11 Å². The fourth-order valence-electron chi connectivity index (χ4n) is 3.20. The average Bonchev–Trinajstić information content (AvgIpc) is 2.87. The Labute approximate surface area is 87.5 Å². The smallest absolute Gasteiger partial charge is 0.0673 e. The van der Waals surface area contributed by atoms with E-state index in [1.54, 1.807) is 0 Å². The van der Waals surface area contributed by atoms with Crippen LogP contribution in [0.3, 0.4) is 0 Å². The predicted molar refractivity (Wildman–Crippen MR) is 56.5 cm³/mol.